The molecule has 2 bridgehead atoms. The van der Waals surface area contributed by atoms with E-state index in [0.717, 1.165) is 19.3 Å². The lowest BCUT2D eigenvalue weighted by Gasteiger charge is -2.21. The summed E-state index contributed by atoms with van der Waals surface area (Å²) in [5.41, 5.74) is 0. The fraction of sp³-hybridized carbons (Fsp3) is 0.857. The van der Waals surface area contributed by atoms with Crippen molar-refractivity contribution in [2.45, 2.75) is 31.4 Å². The molecule has 2 aliphatic rings. The molecule has 1 saturated carbocycles. The summed E-state index contributed by atoms with van der Waals surface area (Å²) in [6, 6.07) is 0.0613. The molecule has 2 fully saturated rings. The summed E-state index contributed by atoms with van der Waals surface area (Å²) < 4.78 is 0. The average Bonchev–Trinajstić information content (AvgIpc) is 2.21. The number of amides is 1. The molecule has 2 N–H and O–H groups in total. The first-order chi connectivity index (χ1) is 4.77. The van der Waals surface area contributed by atoms with Crippen LogP contribution in [0.2, 0.25) is 0 Å². The SMILES string of the molecule is O=C1NC2CC1CCC2O. The molecule has 2 rings (SSSR count). The van der Waals surface area contributed by atoms with Crippen molar-refractivity contribution in [3.63, 3.8) is 0 Å². The zero-order chi connectivity index (χ0) is 7.14. The van der Waals surface area contributed by atoms with Gasteiger partial charge in [0.25, 0.3) is 0 Å². The highest BCUT2D eigenvalue weighted by Crippen LogP contribution is 2.29. The van der Waals surface area contributed by atoms with E-state index in [9.17, 15) is 9.90 Å². The molecular formula is C7H11NO2. The van der Waals surface area contributed by atoms with Gasteiger partial charge in [0.2, 0.25) is 5.91 Å². The second-order valence-electron chi connectivity index (χ2n) is 3.19. The van der Waals surface area contributed by atoms with Crippen molar-refractivity contribution in [3.8, 4) is 0 Å². The van der Waals surface area contributed by atoms with Crippen LogP contribution < -0.4 is 5.32 Å². The van der Waals surface area contributed by atoms with Gasteiger partial charge in [-0.3, -0.25) is 4.79 Å². The number of carbonyl (C=O) groups is 1. The zero-order valence-corrected chi connectivity index (χ0v) is 5.71. The summed E-state index contributed by atoms with van der Waals surface area (Å²) in [6.45, 7) is 0. The van der Waals surface area contributed by atoms with Gasteiger partial charge in [0.1, 0.15) is 0 Å². The van der Waals surface area contributed by atoms with Crippen LogP contribution in [0.5, 0.6) is 0 Å². The van der Waals surface area contributed by atoms with Gasteiger partial charge in [0, 0.05) is 5.92 Å². The summed E-state index contributed by atoms with van der Waals surface area (Å²) >= 11 is 0. The standard InChI is InChI=1S/C7H11NO2/c9-6-2-1-4-3-5(6)8-7(4)10/h4-6,9H,1-3H2,(H,8,10). The van der Waals surface area contributed by atoms with E-state index in [0.29, 0.717) is 0 Å². The Morgan fingerprint density at radius 3 is 3.00 bits per heavy atom. The highest BCUT2D eigenvalue weighted by atomic mass is 16.3. The summed E-state index contributed by atoms with van der Waals surface area (Å²) in [5.74, 6) is 0.343. The van der Waals surface area contributed by atoms with Gasteiger partial charge in [-0.15, -0.1) is 0 Å². The number of aliphatic hydroxyl groups excluding tert-OH is 1. The lowest BCUT2D eigenvalue weighted by atomic mass is 9.88. The fourth-order valence-corrected chi connectivity index (χ4v) is 1.85. The monoisotopic (exact) mass is 141 g/mol. The highest BCUT2D eigenvalue weighted by Gasteiger charge is 2.39. The van der Waals surface area contributed by atoms with Crippen LogP contribution in [0.4, 0.5) is 0 Å². The van der Waals surface area contributed by atoms with Crippen molar-refractivity contribution < 1.29 is 9.90 Å². The van der Waals surface area contributed by atoms with Gasteiger partial charge in [-0.2, -0.15) is 0 Å². The van der Waals surface area contributed by atoms with Crippen LogP contribution in [0.15, 0.2) is 0 Å². The molecule has 1 saturated heterocycles. The van der Waals surface area contributed by atoms with Gasteiger partial charge >= 0.3 is 0 Å². The summed E-state index contributed by atoms with van der Waals surface area (Å²) in [6.07, 6.45) is 2.21. The molecule has 3 unspecified atom stereocenters. The number of hydrogen-bond donors (Lipinski definition) is 2. The molecule has 1 aliphatic carbocycles. The first-order valence-electron chi connectivity index (χ1n) is 3.76. The van der Waals surface area contributed by atoms with Crippen LogP contribution in [-0.2, 0) is 4.79 Å². The van der Waals surface area contributed by atoms with Crippen LogP contribution in [0.25, 0.3) is 0 Å². The van der Waals surface area contributed by atoms with Gasteiger partial charge in [-0.1, -0.05) is 0 Å². The Hall–Kier alpha value is -0.570. The summed E-state index contributed by atoms with van der Waals surface area (Å²) in [7, 11) is 0. The van der Waals surface area contributed by atoms with Crippen molar-refractivity contribution in [2.24, 2.45) is 5.92 Å². The molecule has 0 aromatic rings. The van der Waals surface area contributed by atoms with Crippen molar-refractivity contribution in [1.29, 1.82) is 0 Å². The second kappa shape index (κ2) is 1.95. The maximum Gasteiger partial charge on any atom is 0.223 e. The molecule has 10 heavy (non-hydrogen) atoms. The third-order valence-corrected chi connectivity index (χ3v) is 2.51. The molecule has 1 heterocycles. The van der Waals surface area contributed by atoms with Gasteiger partial charge in [0.05, 0.1) is 12.1 Å². The Morgan fingerprint density at radius 2 is 2.30 bits per heavy atom. The van der Waals surface area contributed by atoms with Crippen LogP contribution in [0.1, 0.15) is 19.3 Å². The minimum absolute atomic E-state index is 0.0613. The molecule has 1 amide bonds. The maximum absolute atomic E-state index is 11.0. The molecule has 1 aliphatic heterocycles. The van der Waals surface area contributed by atoms with E-state index in [4.69, 9.17) is 0 Å². The third-order valence-electron chi connectivity index (χ3n) is 2.51. The van der Waals surface area contributed by atoms with E-state index in [1.807, 2.05) is 0 Å². The maximum atomic E-state index is 11.0. The molecule has 0 aromatic heterocycles. The highest BCUT2D eigenvalue weighted by molar-refractivity contribution is 5.81. The second-order valence-corrected chi connectivity index (χ2v) is 3.19. The van der Waals surface area contributed by atoms with Gasteiger partial charge in [-0.05, 0) is 19.3 Å². The Bertz CT molecular complexity index is 169. The third kappa shape index (κ3) is 0.736. The number of fused-ring (bicyclic) bond motifs is 2. The van der Waals surface area contributed by atoms with Crippen molar-refractivity contribution >= 4 is 5.91 Å². The quantitative estimate of drug-likeness (QED) is 0.484. The number of rotatable bonds is 0. The zero-order valence-electron chi connectivity index (χ0n) is 5.71. The van der Waals surface area contributed by atoms with Crippen LogP contribution >= 0.6 is 0 Å². The predicted molar refractivity (Wildman–Crippen MR) is 35.3 cm³/mol. The van der Waals surface area contributed by atoms with Crippen LogP contribution in [0.3, 0.4) is 0 Å². The molecule has 0 aromatic carbocycles. The lowest BCUT2D eigenvalue weighted by molar-refractivity contribution is -0.122. The predicted octanol–water partition coefficient (Wildman–Crippen LogP) is -0.354. The van der Waals surface area contributed by atoms with Gasteiger partial charge in [0.15, 0.2) is 0 Å². The molecular weight excluding hydrogens is 130 g/mol. The molecule has 56 valence electrons. The molecule has 0 spiro atoms. The largest absolute Gasteiger partial charge is 0.391 e. The van der Waals surface area contributed by atoms with Crippen LogP contribution in [0, 0.1) is 5.92 Å². The average molecular weight is 141 g/mol. The number of hydrogen-bond acceptors (Lipinski definition) is 2. The van der Waals surface area contributed by atoms with E-state index in [1.165, 1.54) is 0 Å². The topological polar surface area (TPSA) is 49.3 Å². The molecule has 3 nitrogen and oxygen atoms in total. The first-order valence-corrected chi connectivity index (χ1v) is 3.76. The molecule has 3 atom stereocenters. The Morgan fingerprint density at radius 1 is 1.50 bits per heavy atom. The fourth-order valence-electron chi connectivity index (χ4n) is 1.85. The van der Waals surface area contributed by atoms with Gasteiger partial charge in [-0.25, -0.2) is 0 Å². The van der Waals surface area contributed by atoms with E-state index < -0.39 is 0 Å². The van der Waals surface area contributed by atoms with Gasteiger partial charge < -0.3 is 10.4 Å². The number of aliphatic hydroxyl groups is 1. The van der Waals surface area contributed by atoms with E-state index in [1.54, 1.807) is 0 Å². The van der Waals surface area contributed by atoms with E-state index in [2.05, 4.69) is 5.32 Å². The van der Waals surface area contributed by atoms with E-state index >= 15 is 0 Å². The number of nitrogens with one attached hydrogen (secondary N) is 1. The Labute approximate surface area is 59.4 Å². The Kier molecular flexibility index (Phi) is 1.20. The number of carbonyl (C=O) groups excluding carboxylic acids is 1. The normalized spacial score (nSPS) is 45.3. The molecule has 3 heteroatoms. The smallest absolute Gasteiger partial charge is 0.223 e. The summed E-state index contributed by atoms with van der Waals surface area (Å²) in [4.78, 5) is 11.0. The van der Waals surface area contributed by atoms with Crippen molar-refractivity contribution in [2.75, 3.05) is 0 Å². The van der Waals surface area contributed by atoms with E-state index in [-0.39, 0.29) is 24.0 Å². The minimum Gasteiger partial charge on any atom is -0.391 e. The molecule has 0 radical (unpaired) electrons. The van der Waals surface area contributed by atoms with Crippen LogP contribution in [-0.4, -0.2) is 23.2 Å². The lowest BCUT2D eigenvalue weighted by Crippen LogP contribution is -2.36. The minimum atomic E-state index is -0.289. The first kappa shape index (κ1) is 6.16. The summed E-state index contributed by atoms with van der Waals surface area (Å²) in [5, 5.41) is 12.1. The Balaban J connectivity index is 2.15. The van der Waals surface area contributed by atoms with Crippen molar-refractivity contribution in [3.05, 3.63) is 0 Å². The van der Waals surface area contributed by atoms with Crippen molar-refractivity contribution in [1.82, 2.24) is 5.32 Å².